The van der Waals surface area contributed by atoms with Crippen molar-refractivity contribution < 1.29 is 9.53 Å². The number of amides is 1. The molecule has 0 atom stereocenters. The lowest BCUT2D eigenvalue weighted by Crippen LogP contribution is -2.40. The van der Waals surface area contributed by atoms with Crippen LogP contribution in [0.3, 0.4) is 0 Å². The number of anilines is 2. The topological polar surface area (TPSA) is 59.4 Å². The smallest absolute Gasteiger partial charge is 0.257 e. The number of halogens is 1. The summed E-state index contributed by atoms with van der Waals surface area (Å²) in [6, 6.07) is 9.40. The van der Waals surface area contributed by atoms with Crippen LogP contribution < -0.4 is 5.32 Å². The number of rotatable bonds is 3. The molecule has 1 N–H and O–H groups in total. The van der Waals surface area contributed by atoms with Crippen molar-refractivity contribution in [2.75, 3.05) is 31.6 Å². The van der Waals surface area contributed by atoms with E-state index in [1.807, 2.05) is 53.0 Å². The van der Waals surface area contributed by atoms with Crippen LogP contribution in [-0.2, 0) is 11.8 Å². The van der Waals surface area contributed by atoms with Crippen LogP contribution in [0.15, 0.2) is 42.7 Å². The van der Waals surface area contributed by atoms with Crippen molar-refractivity contribution >= 4 is 39.9 Å². The molecule has 7 heteroatoms. The Hall–Kier alpha value is -2.57. The fourth-order valence-electron chi connectivity index (χ4n) is 3.18. The number of ether oxygens (including phenoxy) is 1. The number of hydrogen-bond acceptors (Lipinski definition) is 4. The lowest BCUT2D eigenvalue weighted by atomic mass is 10.1. The van der Waals surface area contributed by atoms with E-state index in [1.54, 1.807) is 6.20 Å². The average molecular weight is 371 g/mol. The highest BCUT2D eigenvalue weighted by atomic mass is 35.5. The first-order valence-electron chi connectivity index (χ1n) is 8.47. The van der Waals surface area contributed by atoms with Crippen LogP contribution in [0.25, 0.3) is 10.9 Å². The molecule has 1 fully saturated rings. The van der Waals surface area contributed by atoms with E-state index in [0.29, 0.717) is 42.7 Å². The molecular weight excluding hydrogens is 352 g/mol. The fourth-order valence-corrected chi connectivity index (χ4v) is 3.30. The molecule has 6 nitrogen and oxygen atoms in total. The van der Waals surface area contributed by atoms with Gasteiger partial charge in [-0.05, 0) is 30.3 Å². The van der Waals surface area contributed by atoms with Gasteiger partial charge in [0.2, 0.25) is 0 Å². The maximum atomic E-state index is 13.0. The molecule has 1 saturated heterocycles. The van der Waals surface area contributed by atoms with Crippen molar-refractivity contribution in [3.8, 4) is 0 Å². The summed E-state index contributed by atoms with van der Waals surface area (Å²) < 4.78 is 7.30. The van der Waals surface area contributed by atoms with Crippen LogP contribution in [0, 0.1) is 0 Å². The highest BCUT2D eigenvalue weighted by Crippen LogP contribution is 2.29. The summed E-state index contributed by atoms with van der Waals surface area (Å²) in [5, 5.41) is 4.89. The van der Waals surface area contributed by atoms with Crippen LogP contribution in [0.5, 0.6) is 0 Å². The normalized spacial score (nSPS) is 14.6. The van der Waals surface area contributed by atoms with Gasteiger partial charge >= 0.3 is 0 Å². The Kier molecular flexibility index (Phi) is 4.53. The molecule has 4 rings (SSSR count). The molecule has 1 aliphatic heterocycles. The highest BCUT2D eigenvalue weighted by Gasteiger charge is 2.23. The molecule has 0 radical (unpaired) electrons. The zero-order chi connectivity index (χ0) is 18.1. The van der Waals surface area contributed by atoms with Crippen LogP contribution in [0.2, 0.25) is 5.02 Å². The summed E-state index contributed by atoms with van der Waals surface area (Å²) in [6.07, 6.45) is 3.59. The summed E-state index contributed by atoms with van der Waals surface area (Å²) in [4.78, 5) is 19.3. The monoisotopic (exact) mass is 370 g/mol. The predicted molar refractivity (Wildman–Crippen MR) is 102 cm³/mol. The van der Waals surface area contributed by atoms with Gasteiger partial charge < -0.3 is 19.5 Å². The average Bonchev–Trinajstić information content (AvgIpc) is 3.06. The molecule has 2 aromatic heterocycles. The van der Waals surface area contributed by atoms with E-state index in [4.69, 9.17) is 16.3 Å². The van der Waals surface area contributed by atoms with Gasteiger partial charge in [-0.25, -0.2) is 4.98 Å². The van der Waals surface area contributed by atoms with Gasteiger partial charge in [-0.3, -0.25) is 4.79 Å². The summed E-state index contributed by atoms with van der Waals surface area (Å²) in [6.45, 7) is 2.36. The zero-order valence-corrected chi connectivity index (χ0v) is 15.2. The molecule has 0 spiro atoms. The van der Waals surface area contributed by atoms with Crippen molar-refractivity contribution in [2.24, 2.45) is 7.05 Å². The van der Waals surface area contributed by atoms with Crippen molar-refractivity contribution in [1.82, 2.24) is 14.5 Å². The number of fused-ring (bicyclic) bond motifs is 1. The van der Waals surface area contributed by atoms with Crippen LogP contribution >= 0.6 is 11.6 Å². The summed E-state index contributed by atoms with van der Waals surface area (Å²) >= 11 is 5.94. The highest BCUT2D eigenvalue weighted by molar-refractivity contribution is 6.30. The van der Waals surface area contributed by atoms with E-state index in [2.05, 4.69) is 10.3 Å². The van der Waals surface area contributed by atoms with Gasteiger partial charge in [0.1, 0.15) is 5.82 Å². The first-order valence-corrected chi connectivity index (χ1v) is 8.85. The molecule has 26 heavy (non-hydrogen) atoms. The lowest BCUT2D eigenvalue weighted by molar-refractivity contribution is 0.0303. The van der Waals surface area contributed by atoms with Crippen molar-refractivity contribution in [3.63, 3.8) is 0 Å². The number of aryl methyl sites for hydroxylation is 1. The number of carbonyl (C=O) groups is 1. The van der Waals surface area contributed by atoms with E-state index < -0.39 is 0 Å². The van der Waals surface area contributed by atoms with E-state index in [9.17, 15) is 4.79 Å². The van der Waals surface area contributed by atoms with E-state index in [1.165, 1.54) is 0 Å². The van der Waals surface area contributed by atoms with Crippen LogP contribution in [-0.4, -0.2) is 46.7 Å². The Labute approximate surface area is 156 Å². The molecule has 1 aromatic carbocycles. The molecule has 0 aliphatic carbocycles. The molecule has 0 unspecified atom stereocenters. The quantitative estimate of drug-likeness (QED) is 0.767. The Balaban J connectivity index is 1.71. The second kappa shape index (κ2) is 6.97. The second-order valence-corrected chi connectivity index (χ2v) is 6.68. The summed E-state index contributed by atoms with van der Waals surface area (Å²) in [5.74, 6) is 0.701. The second-order valence-electron chi connectivity index (χ2n) is 6.25. The Morgan fingerprint density at radius 2 is 1.92 bits per heavy atom. The SMILES string of the molecule is Cn1ccc2c(Nc3ccc(Cl)cc3)ncc(C(=O)N3CCOCC3)c21. The van der Waals surface area contributed by atoms with E-state index in [0.717, 1.165) is 16.6 Å². The summed E-state index contributed by atoms with van der Waals surface area (Å²) in [7, 11) is 1.94. The van der Waals surface area contributed by atoms with Crippen molar-refractivity contribution in [2.45, 2.75) is 0 Å². The van der Waals surface area contributed by atoms with Gasteiger partial charge in [-0.15, -0.1) is 0 Å². The molecule has 3 aromatic rings. The van der Waals surface area contributed by atoms with Crippen molar-refractivity contribution in [3.05, 3.63) is 53.3 Å². The maximum Gasteiger partial charge on any atom is 0.257 e. The summed E-state index contributed by atoms with van der Waals surface area (Å²) in [5.41, 5.74) is 2.36. The van der Waals surface area contributed by atoms with E-state index in [-0.39, 0.29) is 5.91 Å². The number of pyridine rings is 1. The van der Waals surface area contributed by atoms with Gasteiger partial charge in [0.25, 0.3) is 5.91 Å². The first-order chi connectivity index (χ1) is 12.6. The minimum absolute atomic E-state index is 0.00866. The van der Waals surface area contributed by atoms with Gasteiger partial charge in [0.05, 0.1) is 24.3 Å². The standard InChI is InChI=1S/C19H19ClN4O2/c1-23-7-6-15-17(23)16(19(25)24-8-10-26-11-9-24)12-21-18(15)22-14-4-2-13(20)3-5-14/h2-7,12H,8-11H2,1H3,(H,21,22). The lowest BCUT2D eigenvalue weighted by Gasteiger charge is -2.27. The molecule has 0 saturated carbocycles. The number of carbonyl (C=O) groups excluding carboxylic acids is 1. The third kappa shape index (κ3) is 3.13. The third-order valence-corrected chi connectivity index (χ3v) is 4.79. The number of morpholine rings is 1. The fraction of sp³-hybridized carbons (Fsp3) is 0.263. The number of nitrogens with one attached hydrogen (secondary N) is 1. The number of aromatic nitrogens is 2. The van der Waals surface area contributed by atoms with Crippen molar-refractivity contribution in [1.29, 1.82) is 0 Å². The number of nitrogens with zero attached hydrogens (tertiary/aromatic N) is 3. The zero-order valence-electron chi connectivity index (χ0n) is 14.4. The van der Waals surface area contributed by atoms with Gasteiger partial charge in [0, 0.05) is 48.6 Å². The Morgan fingerprint density at radius 1 is 1.19 bits per heavy atom. The van der Waals surface area contributed by atoms with Gasteiger partial charge in [-0.2, -0.15) is 0 Å². The molecule has 1 amide bonds. The van der Waals surface area contributed by atoms with Crippen LogP contribution in [0.1, 0.15) is 10.4 Å². The maximum absolute atomic E-state index is 13.0. The van der Waals surface area contributed by atoms with E-state index >= 15 is 0 Å². The number of hydrogen-bond donors (Lipinski definition) is 1. The Morgan fingerprint density at radius 3 is 2.65 bits per heavy atom. The van der Waals surface area contributed by atoms with Gasteiger partial charge in [0.15, 0.2) is 0 Å². The Bertz CT molecular complexity index is 946. The minimum Gasteiger partial charge on any atom is -0.378 e. The van der Waals surface area contributed by atoms with Gasteiger partial charge in [-0.1, -0.05) is 11.6 Å². The molecule has 134 valence electrons. The third-order valence-electron chi connectivity index (χ3n) is 4.54. The molecule has 3 heterocycles. The molecular formula is C19H19ClN4O2. The largest absolute Gasteiger partial charge is 0.378 e. The number of benzene rings is 1. The predicted octanol–water partition coefficient (Wildman–Crippen LogP) is 3.44. The molecule has 1 aliphatic rings. The first kappa shape index (κ1) is 16.9. The molecule has 0 bridgehead atoms. The van der Waals surface area contributed by atoms with Crippen LogP contribution in [0.4, 0.5) is 11.5 Å². The minimum atomic E-state index is -0.00866.